The second-order valence-electron chi connectivity index (χ2n) is 6.46. The molecular weight excluding hydrogens is 286 g/mol. The summed E-state index contributed by atoms with van der Waals surface area (Å²) in [5.41, 5.74) is 5.26. The number of nitrogens with zero attached hydrogens (tertiary/aromatic N) is 3. The fourth-order valence-electron chi connectivity index (χ4n) is 3.79. The summed E-state index contributed by atoms with van der Waals surface area (Å²) in [6.07, 6.45) is 7.00. The minimum atomic E-state index is 0.0958. The molecular formula is C15H28ClN5. The van der Waals surface area contributed by atoms with Crippen LogP contribution in [0.2, 0.25) is 5.15 Å². The average Bonchev–Trinajstić information content (AvgIpc) is 2.70. The lowest BCUT2D eigenvalue weighted by molar-refractivity contribution is 0.0568. The standard InChI is InChI=1S/C15H28ClN5/c1-11-12(14(16)21(4)19-11)10-13(18-17)15(20(2)3)8-6-5-7-9-15/h13,18H,5-10,17H2,1-4H3. The van der Waals surface area contributed by atoms with E-state index >= 15 is 0 Å². The first-order valence-corrected chi connectivity index (χ1v) is 8.11. The van der Waals surface area contributed by atoms with Crippen LogP contribution in [0.25, 0.3) is 0 Å². The van der Waals surface area contributed by atoms with Crippen LogP contribution in [-0.2, 0) is 13.5 Å². The number of hydrogen-bond donors (Lipinski definition) is 2. The van der Waals surface area contributed by atoms with E-state index in [4.69, 9.17) is 17.4 Å². The van der Waals surface area contributed by atoms with Crippen molar-refractivity contribution in [3.63, 3.8) is 0 Å². The Morgan fingerprint density at radius 3 is 2.43 bits per heavy atom. The Balaban J connectivity index is 2.29. The topological polar surface area (TPSA) is 59.1 Å². The first kappa shape index (κ1) is 16.7. The van der Waals surface area contributed by atoms with Crippen molar-refractivity contribution in [3.8, 4) is 0 Å². The van der Waals surface area contributed by atoms with E-state index < -0.39 is 0 Å². The Labute approximate surface area is 132 Å². The second kappa shape index (κ2) is 6.65. The Morgan fingerprint density at radius 2 is 2.00 bits per heavy atom. The summed E-state index contributed by atoms with van der Waals surface area (Å²) in [6, 6.07) is 0.174. The molecule has 1 saturated carbocycles. The summed E-state index contributed by atoms with van der Waals surface area (Å²) in [7, 11) is 6.20. The summed E-state index contributed by atoms with van der Waals surface area (Å²) < 4.78 is 1.74. The maximum atomic E-state index is 6.40. The highest BCUT2D eigenvalue weighted by molar-refractivity contribution is 6.30. The van der Waals surface area contributed by atoms with Crippen LogP contribution in [0.3, 0.4) is 0 Å². The molecule has 0 aromatic carbocycles. The van der Waals surface area contributed by atoms with Crippen LogP contribution >= 0.6 is 11.6 Å². The van der Waals surface area contributed by atoms with Crippen LogP contribution in [-0.4, -0.2) is 40.4 Å². The summed E-state index contributed by atoms with van der Waals surface area (Å²) in [4.78, 5) is 2.34. The number of halogens is 1. The molecule has 0 radical (unpaired) electrons. The number of aromatic nitrogens is 2. The van der Waals surface area contributed by atoms with Gasteiger partial charge in [0.05, 0.1) is 5.69 Å². The Bertz CT molecular complexity index is 477. The van der Waals surface area contributed by atoms with E-state index in [0.717, 1.165) is 22.8 Å². The quantitative estimate of drug-likeness (QED) is 0.645. The number of nitrogens with one attached hydrogen (secondary N) is 1. The molecule has 1 aliphatic carbocycles. The predicted octanol–water partition coefficient (Wildman–Crippen LogP) is 2.02. The Hall–Kier alpha value is -0.620. The maximum absolute atomic E-state index is 6.40. The molecule has 21 heavy (non-hydrogen) atoms. The van der Waals surface area contributed by atoms with Crippen LogP contribution in [0, 0.1) is 6.92 Å². The zero-order valence-corrected chi connectivity index (χ0v) is 14.4. The number of aryl methyl sites for hydroxylation is 2. The molecule has 1 aromatic rings. The zero-order chi connectivity index (χ0) is 15.6. The highest BCUT2D eigenvalue weighted by atomic mass is 35.5. The van der Waals surface area contributed by atoms with Crippen molar-refractivity contribution >= 4 is 11.6 Å². The molecule has 0 amide bonds. The SMILES string of the molecule is Cc1nn(C)c(Cl)c1CC(NN)C1(N(C)C)CCCCC1. The van der Waals surface area contributed by atoms with Gasteiger partial charge in [-0.25, -0.2) is 0 Å². The molecule has 0 bridgehead atoms. The van der Waals surface area contributed by atoms with E-state index in [2.05, 4.69) is 29.5 Å². The van der Waals surface area contributed by atoms with Gasteiger partial charge in [-0.2, -0.15) is 5.10 Å². The van der Waals surface area contributed by atoms with Crippen molar-refractivity contribution in [1.29, 1.82) is 0 Å². The fraction of sp³-hybridized carbons (Fsp3) is 0.800. The van der Waals surface area contributed by atoms with E-state index in [9.17, 15) is 0 Å². The third kappa shape index (κ3) is 3.11. The highest BCUT2D eigenvalue weighted by Crippen LogP contribution is 2.37. The van der Waals surface area contributed by atoms with Gasteiger partial charge in [-0.1, -0.05) is 30.9 Å². The largest absolute Gasteiger partial charge is 0.302 e. The number of nitrogens with two attached hydrogens (primary N) is 1. The predicted molar refractivity (Wildman–Crippen MR) is 87.3 cm³/mol. The van der Waals surface area contributed by atoms with Crippen molar-refractivity contribution in [2.45, 2.75) is 57.0 Å². The highest BCUT2D eigenvalue weighted by Gasteiger charge is 2.41. The molecule has 2 rings (SSSR count). The molecule has 0 saturated heterocycles. The first-order chi connectivity index (χ1) is 9.92. The molecule has 1 atom stereocenters. The van der Waals surface area contributed by atoms with Crippen molar-refractivity contribution in [2.75, 3.05) is 14.1 Å². The van der Waals surface area contributed by atoms with E-state index in [-0.39, 0.29) is 11.6 Å². The van der Waals surface area contributed by atoms with E-state index in [1.165, 1.54) is 32.1 Å². The first-order valence-electron chi connectivity index (χ1n) is 7.74. The van der Waals surface area contributed by atoms with Crippen LogP contribution in [0.5, 0.6) is 0 Å². The molecule has 120 valence electrons. The van der Waals surface area contributed by atoms with Gasteiger partial charge in [-0.05, 0) is 40.3 Å². The number of hydrazine groups is 1. The second-order valence-corrected chi connectivity index (χ2v) is 6.82. The summed E-state index contributed by atoms with van der Waals surface area (Å²) in [5, 5.41) is 5.13. The summed E-state index contributed by atoms with van der Waals surface area (Å²) >= 11 is 6.40. The van der Waals surface area contributed by atoms with Gasteiger partial charge in [-0.3, -0.25) is 16.0 Å². The average molecular weight is 314 g/mol. The Morgan fingerprint density at radius 1 is 1.38 bits per heavy atom. The molecule has 1 unspecified atom stereocenters. The minimum absolute atomic E-state index is 0.0958. The van der Waals surface area contributed by atoms with Gasteiger partial charge in [0.1, 0.15) is 5.15 Å². The van der Waals surface area contributed by atoms with Crippen LogP contribution in [0.4, 0.5) is 0 Å². The fourth-order valence-corrected chi connectivity index (χ4v) is 4.04. The number of hydrogen-bond acceptors (Lipinski definition) is 4. The molecule has 1 fully saturated rings. The van der Waals surface area contributed by atoms with E-state index in [1.54, 1.807) is 4.68 Å². The lowest BCUT2D eigenvalue weighted by Gasteiger charge is -2.48. The third-order valence-electron chi connectivity index (χ3n) is 5.14. The van der Waals surface area contributed by atoms with Gasteiger partial charge in [0.2, 0.25) is 0 Å². The maximum Gasteiger partial charge on any atom is 0.130 e. The van der Waals surface area contributed by atoms with Crippen molar-refractivity contribution in [2.24, 2.45) is 12.9 Å². The molecule has 6 heteroatoms. The van der Waals surface area contributed by atoms with Crippen LogP contribution < -0.4 is 11.3 Å². The lowest BCUT2D eigenvalue weighted by atomic mass is 9.73. The third-order valence-corrected chi connectivity index (χ3v) is 5.61. The van der Waals surface area contributed by atoms with Gasteiger partial charge < -0.3 is 4.90 Å². The molecule has 1 heterocycles. The Kier molecular flexibility index (Phi) is 5.30. The smallest absolute Gasteiger partial charge is 0.130 e. The molecule has 1 aliphatic rings. The summed E-state index contributed by atoms with van der Waals surface area (Å²) in [6.45, 7) is 2.01. The zero-order valence-electron chi connectivity index (χ0n) is 13.6. The van der Waals surface area contributed by atoms with E-state index in [1.807, 2.05) is 14.0 Å². The molecule has 1 aromatic heterocycles. The van der Waals surface area contributed by atoms with Crippen molar-refractivity contribution in [3.05, 3.63) is 16.4 Å². The van der Waals surface area contributed by atoms with E-state index in [0.29, 0.717) is 0 Å². The molecule has 0 aliphatic heterocycles. The summed E-state index contributed by atoms with van der Waals surface area (Å²) in [5.74, 6) is 5.93. The number of likely N-dealkylation sites (N-methyl/N-ethyl adjacent to an activating group) is 1. The van der Waals surface area contributed by atoms with Gasteiger partial charge in [0.25, 0.3) is 0 Å². The van der Waals surface area contributed by atoms with Gasteiger partial charge in [0, 0.05) is 24.2 Å². The molecule has 3 N–H and O–H groups in total. The van der Waals surface area contributed by atoms with Crippen molar-refractivity contribution in [1.82, 2.24) is 20.1 Å². The lowest BCUT2D eigenvalue weighted by Crippen LogP contribution is -2.62. The van der Waals surface area contributed by atoms with Crippen molar-refractivity contribution < 1.29 is 0 Å². The number of rotatable bonds is 5. The molecule has 0 spiro atoms. The minimum Gasteiger partial charge on any atom is -0.302 e. The van der Waals surface area contributed by atoms with Gasteiger partial charge in [0.15, 0.2) is 0 Å². The van der Waals surface area contributed by atoms with Crippen LogP contribution in [0.15, 0.2) is 0 Å². The van der Waals surface area contributed by atoms with Gasteiger partial charge in [-0.15, -0.1) is 0 Å². The molecule has 5 nitrogen and oxygen atoms in total. The monoisotopic (exact) mass is 313 g/mol. The van der Waals surface area contributed by atoms with Gasteiger partial charge >= 0.3 is 0 Å². The van der Waals surface area contributed by atoms with Crippen LogP contribution in [0.1, 0.15) is 43.4 Å². The normalized spacial score (nSPS) is 20.0.